The van der Waals surface area contributed by atoms with Gasteiger partial charge in [0.1, 0.15) is 13.2 Å². The number of benzene rings is 2. The lowest BCUT2D eigenvalue weighted by Crippen LogP contribution is -2.29. The van der Waals surface area contributed by atoms with E-state index in [1.165, 1.54) is 5.56 Å². The molecule has 0 aromatic heterocycles. The maximum Gasteiger partial charge on any atom is 0.238 e. The number of carbonyl (C=O) groups is 1. The molecule has 1 aliphatic heterocycles. The molecule has 0 saturated carbocycles. The molecule has 0 fully saturated rings. The smallest absolute Gasteiger partial charge is 0.238 e. The summed E-state index contributed by atoms with van der Waals surface area (Å²) in [4.78, 5) is 12.0. The summed E-state index contributed by atoms with van der Waals surface area (Å²) in [6.45, 7) is 2.05. The Bertz CT molecular complexity index is 704. The normalized spacial score (nSPS) is 12.7. The van der Waals surface area contributed by atoms with E-state index in [9.17, 15) is 4.79 Å². The molecule has 5 nitrogen and oxygen atoms in total. The third-order valence-electron chi connectivity index (χ3n) is 3.62. The molecule has 0 atom stereocenters. The zero-order valence-electron chi connectivity index (χ0n) is 13.2. The van der Waals surface area contributed by atoms with Crippen molar-refractivity contribution in [3.63, 3.8) is 0 Å². The summed E-state index contributed by atoms with van der Waals surface area (Å²) in [6, 6.07) is 13.1. The van der Waals surface area contributed by atoms with Gasteiger partial charge in [0.25, 0.3) is 0 Å². The van der Waals surface area contributed by atoms with Crippen LogP contribution in [-0.2, 0) is 11.2 Å². The number of amides is 1. The molecule has 0 radical (unpaired) electrons. The van der Waals surface area contributed by atoms with Gasteiger partial charge in [0.05, 0.1) is 6.54 Å². The third kappa shape index (κ3) is 4.63. The van der Waals surface area contributed by atoms with Gasteiger partial charge in [-0.05, 0) is 42.8 Å². The van der Waals surface area contributed by atoms with Crippen molar-refractivity contribution < 1.29 is 14.3 Å². The van der Waals surface area contributed by atoms with E-state index in [0.717, 1.165) is 18.0 Å². The lowest BCUT2D eigenvalue weighted by Gasteiger charge is -2.19. The molecule has 0 unspecified atom stereocenters. The molecule has 1 aliphatic rings. The molecule has 1 amide bonds. The largest absolute Gasteiger partial charge is 0.486 e. The van der Waals surface area contributed by atoms with Gasteiger partial charge in [-0.15, -0.1) is 0 Å². The van der Waals surface area contributed by atoms with Gasteiger partial charge in [-0.2, -0.15) is 0 Å². The Morgan fingerprint density at radius 2 is 1.79 bits per heavy atom. The molecular weight excluding hydrogens is 328 g/mol. The zero-order valence-corrected chi connectivity index (χ0v) is 13.9. The fraction of sp³-hybridized carbons (Fsp3) is 0.278. The van der Waals surface area contributed by atoms with Crippen LogP contribution >= 0.6 is 11.6 Å². The fourth-order valence-corrected chi connectivity index (χ4v) is 2.54. The summed E-state index contributed by atoms with van der Waals surface area (Å²) >= 11 is 5.85. The van der Waals surface area contributed by atoms with Crippen molar-refractivity contribution in [1.82, 2.24) is 5.32 Å². The summed E-state index contributed by atoms with van der Waals surface area (Å²) in [7, 11) is 0. The van der Waals surface area contributed by atoms with Crippen molar-refractivity contribution in [3.05, 3.63) is 53.1 Å². The fourth-order valence-electron chi connectivity index (χ4n) is 2.41. The van der Waals surface area contributed by atoms with Crippen LogP contribution in [-0.4, -0.2) is 32.2 Å². The summed E-state index contributed by atoms with van der Waals surface area (Å²) < 4.78 is 11.0. The van der Waals surface area contributed by atoms with E-state index in [4.69, 9.17) is 21.1 Å². The van der Waals surface area contributed by atoms with E-state index < -0.39 is 0 Å². The first-order chi connectivity index (χ1) is 11.7. The van der Waals surface area contributed by atoms with Gasteiger partial charge < -0.3 is 20.1 Å². The molecule has 126 valence electrons. The molecule has 2 aromatic carbocycles. The highest BCUT2D eigenvalue weighted by molar-refractivity contribution is 6.30. The van der Waals surface area contributed by atoms with Crippen LogP contribution in [0.2, 0.25) is 5.02 Å². The Balaban J connectivity index is 1.41. The van der Waals surface area contributed by atoms with Crippen LogP contribution in [0.4, 0.5) is 5.69 Å². The highest BCUT2D eigenvalue weighted by Gasteiger charge is 2.12. The van der Waals surface area contributed by atoms with Gasteiger partial charge >= 0.3 is 0 Å². The summed E-state index contributed by atoms with van der Waals surface area (Å²) in [5.74, 6) is 1.28. The first kappa shape index (κ1) is 16.6. The van der Waals surface area contributed by atoms with Gasteiger partial charge in [-0.1, -0.05) is 23.7 Å². The second-order valence-electron chi connectivity index (χ2n) is 5.46. The monoisotopic (exact) mass is 346 g/mol. The van der Waals surface area contributed by atoms with E-state index in [2.05, 4.69) is 10.6 Å². The number of halogens is 1. The maximum atomic E-state index is 12.0. The number of hydrogen-bond donors (Lipinski definition) is 2. The van der Waals surface area contributed by atoms with E-state index in [1.807, 2.05) is 24.3 Å². The van der Waals surface area contributed by atoms with Crippen LogP contribution in [0.3, 0.4) is 0 Å². The average Bonchev–Trinajstić information content (AvgIpc) is 2.60. The SMILES string of the molecule is O=C(CNCCc1ccc(Cl)cc1)Nc1ccc2c(c1)OCCO2. The number of hydrogen-bond acceptors (Lipinski definition) is 4. The number of anilines is 1. The molecule has 0 saturated heterocycles. The van der Waals surface area contributed by atoms with Gasteiger partial charge in [-0.25, -0.2) is 0 Å². The maximum absolute atomic E-state index is 12.0. The molecule has 0 bridgehead atoms. The second kappa shape index (κ2) is 8.04. The van der Waals surface area contributed by atoms with Crippen LogP contribution in [0.15, 0.2) is 42.5 Å². The minimum Gasteiger partial charge on any atom is -0.486 e. The predicted octanol–water partition coefficient (Wildman–Crippen LogP) is 2.88. The Morgan fingerprint density at radius 1 is 1.04 bits per heavy atom. The number of nitrogens with one attached hydrogen (secondary N) is 2. The van der Waals surface area contributed by atoms with Crippen LogP contribution in [0.25, 0.3) is 0 Å². The second-order valence-corrected chi connectivity index (χ2v) is 5.90. The van der Waals surface area contributed by atoms with Gasteiger partial charge in [0.2, 0.25) is 5.91 Å². The van der Waals surface area contributed by atoms with Gasteiger partial charge in [0, 0.05) is 16.8 Å². The minimum absolute atomic E-state index is 0.0946. The van der Waals surface area contributed by atoms with E-state index in [-0.39, 0.29) is 12.5 Å². The Labute approximate surface area is 145 Å². The quantitative estimate of drug-likeness (QED) is 0.790. The predicted molar refractivity (Wildman–Crippen MR) is 94.1 cm³/mol. The molecule has 24 heavy (non-hydrogen) atoms. The number of carbonyl (C=O) groups excluding carboxylic acids is 1. The Morgan fingerprint density at radius 3 is 2.58 bits per heavy atom. The number of rotatable bonds is 6. The van der Waals surface area contributed by atoms with Crippen molar-refractivity contribution in [2.45, 2.75) is 6.42 Å². The van der Waals surface area contributed by atoms with Crippen LogP contribution < -0.4 is 20.1 Å². The molecular formula is C18H19ClN2O3. The molecule has 0 spiro atoms. The topological polar surface area (TPSA) is 59.6 Å². The Kier molecular flexibility index (Phi) is 5.56. The summed E-state index contributed by atoms with van der Waals surface area (Å²) in [5, 5.41) is 6.70. The zero-order chi connectivity index (χ0) is 16.8. The first-order valence-electron chi connectivity index (χ1n) is 7.85. The minimum atomic E-state index is -0.0946. The third-order valence-corrected chi connectivity index (χ3v) is 3.87. The van der Waals surface area contributed by atoms with Crippen LogP contribution in [0.1, 0.15) is 5.56 Å². The van der Waals surface area contributed by atoms with Crippen molar-refractivity contribution in [1.29, 1.82) is 0 Å². The van der Waals surface area contributed by atoms with Crippen LogP contribution in [0.5, 0.6) is 11.5 Å². The summed E-state index contributed by atoms with van der Waals surface area (Å²) in [5.41, 5.74) is 1.88. The number of ether oxygens (including phenoxy) is 2. The lowest BCUT2D eigenvalue weighted by molar-refractivity contribution is -0.115. The lowest BCUT2D eigenvalue weighted by atomic mass is 10.1. The number of fused-ring (bicyclic) bond motifs is 1. The molecule has 0 aliphatic carbocycles. The van der Waals surface area contributed by atoms with E-state index in [0.29, 0.717) is 30.4 Å². The molecule has 2 aromatic rings. The standard InChI is InChI=1S/C18H19ClN2O3/c19-14-3-1-13(2-4-14)7-8-20-12-18(22)21-15-5-6-16-17(11-15)24-10-9-23-16/h1-6,11,20H,7-10,12H2,(H,21,22). The highest BCUT2D eigenvalue weighted by atomic mass is 35.5. The summed E-state index contributed by atoms with van der Waals surface area (Å²) in [6.07, 6.45) is 0.842. The van der Waals surface area contributed by atoms with E-state index in [1.54, 1.807) is 18.2 Å². The molecule has 2 N–H and O–H groups in total. The molecule has 6 heteroatoms. The first-order valence-corrected chi connectivity index (χ1v) is 8.23. The molecule has 3 rings (SSSR count). The van der Waals surface area contributed by atoms with Crippen molar-refractivity contribution in [2.24, 2.45) is 0 Å². The van der Waals surface area contributed by atoms with Crippen molar-refractivity contribution in [3.8, 4) is 11.5 Å². The van der Waals surface area contributed by atoms with Crippen molar-refractivity contribution >= 4 is 23.2 Å². The molecule has 1 heterocycles. The van der Waals surface area contributed by atoms with Crippen LogP contribution in [0, 0.1) is 0 Å². The van der Waals surface area contributed by atoms with Crippen molar-refractivity contribution in [2.75, 3.05) is 31.6 Å². The Hall–Kier alpha value is -2.24. The average molecular weight is 347 g/mol. The van der Waals surface area contributed by atoms with E-state index >= 15 is 0 Å². The van der Waals surface area contributed by atoms with Gasteiger partial charge in [-0.3, -0.25) is 4.79 Å². The highest BCUT2D eigenvalue weighted by Crippen LogP contribution is 2.32. The van der Waals surface area contributed by atoms with Gasteiger partial charge in [0.15, 0.2) is 11.5 Å².